The Morgan fingerprint density at radius 1 is 1.26 bits per heavy atom. The Labute approximate surface area is 116 Å². The summed E-state index contributed by atoms with van der Waals surface area (Å²) >= 11 is 0. The molecule has 1 N–H and O–H groups in total. The average Bonchev–Trinajstić information content (AvgIpc) is 2.68. The zero-order valence-electron chi connectivity index (χ0n) is 12.5. The van der Waals surface area contributed by atoms with Gasteiger partial charge in [0.05, 0.1) is 0 Å². The summed E-state index contributed by atoms with van der Waals surface area (Å²) in [6.45, 7) is 14.4. The summed E-state index contributed by atoms with van der Waals surface area (Å²) in [5.41, 5.74) is 3.94. The van der Waals surface area contributed by atoms with Crippen molar-refractivity contribution in [2.45, 2.75) is 46.3 Å². The molecule has 0 aliphatic rings. The lowest BCUT2D eigenvalue weighted by molar-refractivity contribution is 0.424. The highest BCUT2D eigenvalue weighted by Crippen LogP contribution is 2.19. The average molecular weight is 256 g/mol. The van der Waals surface area contributed by atoms with E-state index < -0.39 is 0 Å². The summed E-state index contributed by atoms with van der Waals surface area (Å²) in [5, 5.41) is 4.82. The van der Waals surface area contributed by atoms with Gasteiger partial charge < -0.3 is 9.88 Å². The second-order valence-electron chi connectivity index (χ2n) is 6.40. The normalized spacial score (nSPS) is 12.0. The lowest BCUT2D eigenvalue weighted by atomic mass is 10.1. The molecule has 0 saturated heterocycles. The molecule has 2 nitrogen and oxygen atoms in total. The van der Waals surface area contributed by atoms with Crippen LogP contribution in [0.3, 0.4) is 0 Å². The van der Waals surface area contributed by atoms with Crippen molar-refractivity contribution in [1.82, 2.24) is 9.88 Å². The molecule has 0 atom stereocenters. The number of nitrogens with zero attached hydrogens (tertiary/aromatic N) is 1. The number of allylic oxidation sites excluding steroid dienone is 1. The standard InChI is InChI=1S/C17H24N2/c1-13(2)12-19-9-8-15-10-14(6-7-16(15)19)11-18-17(3,4)5/h6-10,18H,1,11-12H2,2-5H3. The van der Waals surface area contributed by atoms with Crippen LogP contribution in [0, 0.1) is 0 Å². The van der Waals surface area contributed by atoms with Crippen LogP contribution >= 0.6 is 0 Å². The van der Waals surface area contributed by atoms with E-state index in [2.05, 4.69) is 74.6 Å². The first-order chi connectivity index (χ1) is 8.85. The molecule has 0 radical (unpaired) electrons. The topological polar surface area (TPSA) is 17.0 Å². The fourth-order valence-electron chi connectivity index (χ4n) is 2.16. The molecule has 0 aliphatic carbocycles. The van der Waals surface area contributed by atoms with Gasteiger partial charge in [0, 0.05) is 30.3 Å². The minimum absolute atomic E-state index is 0.154. The Balaban J connectivity index is 2.20. The van der Waals surface area contributed by atoms with Crippen molar-refractivity contribution in [3.63, 3.8) is 0 Å². The third-order valence-electron chi connectivity index (χ3n) is 3.10. The van der Waals surface area contributed by atoms with Crippen molar-refractivity contribution in [3.05, 3.63) is 48.2 Å². The molecular weight excluding hydrogens is 232 g/mol. The highest BCUT2D eigenvalue weighted by molar-refractivity contribution is 5.81. The van der Waals surface area contributed by atoms with E-state index in [9.17, 15) is 0 Å². The first kappa shape index (κ1) is 13.9. The zero-order chi connectivity index (χ0) is 14.0. The summed E-state index contributed by atoms with van der Waals surface area (Å²) in [4.78, 5) is 0. The quantitative estimate of drug-likeness (QED) is 0.815. The predicted molar refractivity (Wildman–Crippen MR) is 83.3 cm³/mol. The molecule has 0 spiro atoms. The van der Waals surface area contributed by atoms with Gasteiger partial charge in [0.2, 0.25) is 0 Å². The van der Waals surface area contributed by atoms with Crippen LogP contribution in [0.25, 0.3) is 10.9 Å². The van der Waals surface area contributed by atoms with Crippen LogP contribution in [-0.4, -0.2) is 10.1 Å². The molecule has 0 amide bonds. The minimum Gasteiger partial charge on any atom is -0.343 e. The molecule has 1 heterocycles. The monoisotopic (exact) mass is 256 g/mol. The fraction of sp³-hybridized carbons (Fsp3) is 0.412. The van der Waals surface area contributed by atoms with Gasteiger partial charge in [-0.05, 0) is 56.8 Å². The van der Waals surface area contributed by atoms with E-state index in [1.165, 1.54) is 22.0 Å². The van der Waals surface area contributed by atoms with E-state index in [-0.39, 0.29) is 5.54 Å². The lowest BCUT2D eigenvalue weighted by Crippen LogP contribution is -2.35. The van der Waals surface area contributed by atoms with Gasteiger partial charge in [0.25, 0.3) is 0 Å². The molecule has 2 rings (SSSR count). The van der Waals surface area contributed by atoms with Gasteiger partial charge in [-0.2, -0.15) is 0 Å². The molecule has 2 aromatic rings. The van der Waals surface area contributed by atoms with Gasteiger partial charge in [0.15, 0.2) is 0 Å². The predicted octanol–water partition coefficient (Wildman–Crippen LogP) is 4.11. The molecule has 0 fully saturated rings. The van der Waals surface area contributed by atoms with Crippen molar-refractivity contribution in [2.75, 3.05) is 0 Å². The van der Waals surface area contributed by atoms with Crippen molar-refractivity contribution in [2.24, 2.45) is 0 Å². The van der Waals surface area contributed by atoms with E-state index >= 15 is 0 Å². The molecular formula is C17H24N2. The van der Waals surface area contributed by atoms with Crippen molar-refractivity contribution < 1.29 is 0 Å². The molecule has 2 heteroatoms. The van der Waals surface area contributed by atoms with E-state index in [1.807, 2.05) is 0 Å². The maximum absolute atomic E-state index is 3.98. The maximum atomic E-state index is 3.98. The smallest absolute Gasteiger partial charge is 0.0483 e. The number of benzene rings is 1. The van der Waals surface area contributed by atoms with Gasteiger partial charge in [0.1, 0.15) is 0 Å². The van der Waals surface area contributed by atoms with Crippen molar-refractivity contribution in [3.8, 4) is 0 Å². The number of nitrogens with one attached hydrogen (secondary N) is 1. The third-order valence-corrected chi connectivity index (χ3v) is 3.10. The Morgan fingerprint density at radius 2 is 2.00 bits per heavy atom. The lowest BCUT2D eigenvalue weighted by Gasteiger charge is -2.20. The van der Waals surface area contributed by atoms with Crippen molar-refractivity contribution >= 4 is 10.9 Å². The second kappa shape index (κ2) is 5.22. The first-order valence-corrected chi connectivity index (χ1v) is 6.82. The largest absolute Gasteiger partial charge is 0.343 e. The first-order valence-electron chi connectivity index (χ1n) is 6.82. The van der Waals surface area contributed by atoms with Crippen LogP contribution in [0.4, 0.5) is 0 Å². The number of aromatic nitrogens is 1. The summed E-state index contributed by atoms with van der Waals surface area (Å²) in [6.07, 6.45) is 2.14. The van der Waals surface area contributed by atoms with Crippen LogP contribution < -0.4 is 5.32 Å². The summed E-state index contributed by atoms with van der Waals surface area (Å²) < 4.78 is 2.25. The van der Waals surface area contributed by atoms with Crippen LogP contribution in [0.5, 0.6) is 0 Å². The molecule has 19 heavy (non-hydrogen) atoms. The van der Waals surface area contributed by atoms with E-state index in [1.54, 1.807) is 0 Å². The summed E-state index contributed by atoms with van der Waals surface area (Å²) in [6, 6.07) is 8.86. The van der Waals surface area contributed by atoms with Crippen LogP contribution in [0.2, 0.25) is 0 Å². The van der Waals surface area contributed by atoms with E-state index in [4.69, 9.17) is 0 Å². The third kappa shape index (κ3) is 3.71. The van der Waals surface area contributed by atoms with Gasteiger partial charge >= 0.3 is 0 Å². The molecule has 1 aromatic heterocycles. The van der Waals surface area contributed by atoms with Gasteiger partial charge in [-0.15, -0.1) is 0 Å². The number of fused-ring (bicyclic) bond motifs is 1. The number of hydrogen-bond acceptors (Lipinski definition) is 1. The fourth-order valence-corrected chi connectivity index (χ4v) is 2.16. The molecule has 0 aliphatic heterocycles. The van der Waals surface area contributed by atoms with Crippen LogP contribution in [0.15, 0.2) is 42.6 Å². The Hall–Kier alpha value is -1.54. The maximum Gasteiger partial charge on any atom is 0.0483 e. The SMILES string of the molecule is C=C(C)Cn1ccc2cc(CNC(C)(C)C)ccc21. The minimum atomic E-state index is 0.154. The van der Waals surface area contributed by atoms with E-state index in [0.717, 1.165) is 13.1 Å². The zero-order valence-corrected chi connectivity index (χ0v) is 12.5. The Morgan fingerprint density at radius 3 is 2.63 bits per heavy atom. The molecule has 0 bridgehead atoms. The molecule has 102 valence electrons. The molecule has 0 unspecified atom stereocenters. The number of rotatable bonds is 4. The van der Waals surface area contributed by atoms with Crippen LogP contribution in [0.1, 0.15) is 33.3 Å². The summed E-state index contributed by atoms with van der Waals surface area (Å²) in [7, 11) is 0. The van der Waals surface area contributed by atoms with Gasteiger partial charge in [-0.25, -0.2) is 0 Å². The highest BCUT2D eigenvalue weighted by Gasteiger charge is 2.09. The number of hydrogen-bond donors (Lipinski definition) is 1. The Bertz CT molecular complexity index is 585. The van der Waals surface area contributed by atoms with E-state index in [0.29, 0.717) is 0 Å². The van der Waals surface area contributed by atoms with Gasteiger partial charge in [-0.3, -0.25) is 0 Å². The van der Waals surface area contributed by atoms with Crippen molar-refractivity contribution in [1.29, 1.82) is 0 Å². The van der Waals surface area contributed by atoms with Crippen LogP contribution in [-0.2, 0) is 13.1 Å². The highest BCUT2D eigenvalue weighted by atomic mass is 15.0. The molecule has 0 saturated carbocycles. The Kier molecular flexibility index (Phi) is 3.81. The van der Waals surface area contributed by atoms with Gasteiger partial charge in [-0.1, -0.05) is 18.2 Å². The summed E-state index contributed by atoms with van der Waals surface area (Å²) in [5.74, 6) is 0. The molecule has 1 aromatic carbocycles. The second-order valence-corrected chi connectivity index (χ2v) is 6.40.